The molecule has 0 unspecified atom stereocenters. The van der Waals surface area contributed by atoms with E-state index in [1.165, 1.54) is 6.20 Å². The number of rotatable bonds is 8. The molecule has 7 nitrogen and oxygen atoms in total. The lowest BCUT2D eigenvalue weighted by Crippen LogP contribution is -2.39. The number of ether oxygens (including phenoxy) is 1. The summed E-state index contributed by atoms with van der Waals surface area (Å²) in [6.45, 7) is 8.53. The Hall–Kier alpha value is -3.13. The van der Waals surface area contributed by atoms with Gasteiger partial charge in [-0.15, -0.1) is 0 Å². The van der Waals surface area contributed by atoms with Crippen molar-refractivity contribution in [3.8, 4) is 17.0 Å². The Labute approximate surface area is 226 Å². The molecule has 2 N–H and O–H groups in total. The number of likely N-dealkylation sites (tertiary alicyclic amines) is 1. The van der Waals surface area contributed by atoms with Crippen molar-refractivity contribution in [1.82, 2.24) is 15.1 Å². The Bertz CT molecular complexity index is 1350. The maximum absolute atomic E-state index is 13.2. The predicted molar refractivity (Wildman–Crippen MR) is 149 cm³/mol. The van der Waals surface area contributed by atoms with Crippen molar-refractivity contribution in [2.45, 2.75) is 32.8 Å². The van der Waals surface area contributed by atoms with E-state index in [4.69, 9.17) is 27.9 Å². The number of aliphatic imine (C=N–C) groups is 1. The lowest BCUT2D eigenvalue weighted by molar-refractivity contribution is 0.0651. The third-order valence-electron chi connectivity index (χ3n) is 6.63. The number of hydrogen-bond donors (Lipinski definition) is 2. The van der Waals surface area contributed by atoms with Crippen LogP contribution in [0.25, 0.3) is 22.2 Å². The molecule has 1 amide bonds. The number of piperidine rings is 1. The molecule has 1 aliphatic heterocycles. The van der Waals surface area contributed by atoms with Crippen molar-refractivity contribution in [3.63, 3.8) is 0 Å². The number of halogens is 2. The summed E-state index contributed by atoms with van der Waals surface area (Å²) in [7, 11) is 0. The fraction of sp³-hybridized carbons (Fsp3) is 0.321. The number of fused-ring (bicyclic) bond motifs is 1. The summed E-state index contributed by atoms with van der Waals surface area (Å²) in [6, 6.07) is 13.2. The molecule has 0 saturated carbocycles. The number of amides is 1. The van der Waals surface area contributed by atoms with E-state index in [1.54, 1.807) is 6.92 Å². The molecule has 1 saturated heterocycles. The molecule has 37 heavy (non-hydrogen) atoms. The van der Waals surface area contributed by atoms with Crippen molar-refractivity contribution in [2.24, 2.45) is 10.9 Å². The van der Waals surface area contributed by atoms with Gasteiger partial charge in [-0.2, -0.15) is 5.10 Å². The molecule has 0 aliphatic carbocycles. The zero-order valence-corrected chi connectivity index (χ0v) is 22.4. The molecule has 9 heteroatoms. The van der Waals surface area contributed by atoms with Gasteiger partial charge in [-0.3, -0.25) is 14.9 Å². The Morgan fingerprint density at radius 3 is 2.73 bits per heavy atom. The van der Waals surface area contributed by atoms with Gasteiger partial charge < -0.3 is 14.7 Å². The van der Waals surface area contributed by atoms with E-state index in [2.05, 4.69) is 21.9 Å². The van der Waals surface area contributed by atoms with Crippen LogP contribution in [0.3, 0.4) is 0 Å². The summed E-state index contributed by atoms with van der Waals surface area (Å²) < 4.78 is 6.18. The Balaban J connectivity index is 1.59. The maximum Gasteiger partial charge on any atom is 0.253 e. The van der Waals surface area contributed by atoms with E-state index in [-0.39, 0.29) is 18.4 Å². The van der Waals surface area contributed by atoms with Crippen LogP contribution in [0.15, 0.2) is 69.3 Å². The van der Waals surface area contributed by atoms with Gasteiger partial charge in [0.25, 0.3) is 5.91 Å². The lowest BCUT2D eigenvalue weighted by Gasteiger charge is -2.31. The highest BCUT2D eigenvalue weighted by molar-refractivity contribution is 6.35. The number of aromatic nitrogens is 2. The number of H-pyrrole nitrogens is 1. The van der Waals surface area contributed by atoms with Crippen LogP contribution in [0.4, 0.5) is 0 Å². The molecule has 0 radical (unpaired) electrons. The second-order valence-electron chi connectivity index (χ2n) is 9.15. The van der Waals surface area contributed by atoms with Crippen LogP contribution in [0.1, 0.15) is 37.0 Å². The third-order valence-corrected chi connectivity index (χ3v) is 7.13. The van der Waals surface area contributed by atoms with Crippen molar-refractivity contribution in [2.75, 3.05) is 19.7 Å². The number of carbonyl (C=O) groups is 1. The predicted octanol–water partition coefficient (Wildman–Crippen LogP) is 6.14. The number of carbonyl (C=O) groups excluding carboxylic acids is 1. The average molecular weight is 541 g/mol. The van der Waals surface area contributed by atoms with Crippen molar-refractivity contribution in [1.29, 1.82) is 0 Å². The molecule has 194 valence electrons. The highest BCUT2D eigenvalue weighted by Crippen LogP contribution is 2.32. The van der Waals surface area contributed by atoms with Crippen LogP contribution in [-0.2, 0) is 0 Å². The van der Waals surface area contributed by atoms with Crippen molar-refractivity contribution >= 4 is 46.7 Å². The third kappa shape index (κ3) is 6.06. The first-order valence-corrected chi connectivity index (χ1v) is 12.9. The molecule has 3 aromatic rings. The SMILES string of the molecule is C=N/C=C(Cl)\C(=C(/C)Cl)[C@@H](C)Oc1ccc2[nH]nc(-c3cccc(C(=O)N4CCC(CO)CC4)c3)c2c1. The number of aromatic amines is 1. The fourth-order valence-corrected chi connectivity index (χ4v) is 5.31. The summed E-state index contributed by atoms with van der Waals surface area (Å²) in [5, 5.41) is 18.7. The number of nitrogens with one attached hydrogen (secondary N) is 1. The maximum atomic E-state index is 13.2. The summed E-state index contributed by atoms with van der Waals surface area (Å²) in [5.41, 5.74) is 3.63. The zero-order chi connectivity index (χ0) is 26.5. The molecule has 4 rings (SSSR count). The Morgan fingerprint density at radius 2 is 2.05 bits per heavy atom. The van der Waals surface area contributed by atoms with Gasteiger partial charge in [0.15, 0.2) is 0 Å². The second kappa shape index (κ2) is 11.9. The van der Waals surface area contributed by atoms with Gasteiger partial charge in [0.1, 0.15) is 17.5 Å². The molecule has 0 spiro atoms. The highest BCUT2D eigenvalue weighted by atomic mass is 35.5. The van der Waals surface area contributed by atoms with Crippen molar-refractivity contribution in [3.05, 3.63) is 69.9 Å². The molecule has 0 bridgehead atoms. The summed E-state index contributed by atoms with van der Waals surface area (Å²) in [4.78, 5) is 18.7. The number of aliphatic hydroxyl groups excluding tert-OH is 1. The minimum absolute atomic E-state index is 0.00867. The zero-order valence-electron chi connectivity index (χ0n) is 20.9. The molecule has 1 fully saturated rings. The normalized spacial score (nSPS) is 16.5. The van der Waals surface area contributed by atoms with Gasteiger partial charge in [0.2, 0.25) is 0 Å². The first-order chi connectivity index (χ1) is 17.8. The molecular formula is C28H30Cl2N4O3. The Kier molecular flexibility index (Phi) is 8.69. The van der Waals surface area contributed by atoms with Crippen LogP contribution < -0.4 is 4.74 Å². The van der Waals surface area contributed by atoms with Gasteiger partial charge in [-0.25, -0.2) is 0 Å². The minimum Gasteiger partial charge on any atom is -0.486 e. The number of aliphatic hydroxyl groups is 1. The molecule has 1 aliphatic rings. The number of hydrogen-bond acceptors (Lipinski definition) is 5. The van der Waals surface area contributed by atoms with E-state index in [9.17, 15) is 9.90 Å². The van der Waals surface area contributed by atoms with E-state index in [0.717, 1.165) is 35.0 Å². The van der Waals surface area contributed by atoms with Crippen molar-refractivity contribution < 1.29 is 14.6 Å². The summed E-state index contributed by atoms with van der Waals surface area (Å²) in [5.74, 6) is 0.884. The van der Waals surface area contributed by atoms with E-state index in [0.29, 0.717) is 40.0 Å². The van der Waals surface area contributed by atoms with Crippen LogP contribution in [-0.4, -0.2) is 58.6 Å². The molecule has 1 aromatic heterocycles. The monoisotopic (exact) mass is 540 g/mol. The molecule has 2 aromatic carbocycles. The van der Waals surface area contributed by atoms with E-state index < -0.39 is 6.10 Å². The smallest absolute Gasteiger partial charge is 0.253 e. The van der Waals surface area contributed by atoms with E-state index in [1.807, 2.05) is 54.3 Å². The van der Waals surface area contributed by atoms with Gasteiger partial charge in [-0.05, 0) is 69.7 Å². The van der Waals surface area contributed by atoms with Gasteiger partial charge in [-0.1, -0.05) is 35.3 Å². The first kappa shape index (κ1) is 26.9. The Morgan fingerprint density at radius 1 is 1.30 bits per heavy atom. The van der Waals surface area contributed by atoms with E-state index >= 15 is 0 Å². The summed E-state index contributed by atoms with van der Waals surface area (Å²) in [6.07, 6.45) is 2.63. The van der Waals surface area contributed by atoms with Crippen LogP contribution in [0, 0.1) is 5.92 Å². The van der Waals surface area contributed by atoms with Crippen LogP contribution in [0.2, 0.25) is 0 Å². The van der Waals surface area contributed by atoms with Gasteiger partial charge in [0.05, 0.1) is 10.5 Å². The average Bonchev–Trinajstić information content (AvgIpc) is 3.31. The standard InChI is InChI=1S/C28H30Cl2N4O3/c1-17(29)26(24(30)15-31-3)18(2)37-22-7-8-25-23(14-22)27(33-32-25)20-5-4-6-21(13-20)28(36)34-11-9-19(16-35)10-12-34/h4-8,13-15,18-19,35H,3,9-12,16H2,1-2H3,(H,32,33)/b24-15+,26-17+/t18-/m1/s1. The number of benzene rings is 2. The van der Waals surface area contributed by atoms with Crippen LogP contribution in [0.5, 0.6) is 5.75 Å². The molecule has 2 heterocycles. The number of nitrogens with zero attached hydrogens (tertiary/aromatic N) is 3. The second-order valence-corrected chi connectivity index (χ2v) is 10.1. The van der Waals surface area contributed by atoms with Gasteiger partial charge >= 0.3 is 0 Å². The fourth-order valence-electron chi connectivity index (χ4n) is 4.64. The largest absolute Gasteiger partial charge is 0.486 e. The quantitative estimate of drug-likeness (QED) is 0.265. The molecular weight excluding hydrogens is 511 g/mol. The minimum atomic E-state index is -0.438. The number of allylic oxidation sites excluding steroid dienone is 1. The summed E-state index contributed by atoms with van der Waals surface area (Å²) >= 11 is 12.6. The first-order valence-electron chi connectivity index (χ1n) is 12.2. The highest BCUT2D eigenvalue weighted by Gasteiger charge is 2.24. The lowest BCUT2D eigenvalue weighted by atomic mass is 9.97. The molecule has 1 atom stereocenters. The topological polar surface area (TPSA) is 90.8 Å². The van der Waals surface area contributed by atoms with Gasteiger partial charge in [0, 0.05) is 53.0 Å². The van der Waals surface area contributed by atoms with Crippen LogP contribution >= 0.6 is 23.2 Å².